The average Bonchev–Trinajstić information content (AvgIpc) is 3.05. The first-order chi connectivity index (χ1) is 13.5. The Hall–Kier alpha value is -2.54. The number of nitrogens with one attached hydrogen (secondary N) is 2. The Bertz CT molecular complexity index is 972. The van der Waals surface area contributed by atoms with Gasteiger partial charge in [0.05, 0.1) is 5.69 Å². The molecule has 0 saturated carbocycles. The van der Waals surface area contributed by atoms with E-state index in [2.05, 4.69) is 29.6 Å². The molecule has 1 amide bonds. The Kier molecular flexibility index (Phi) is 6.57. The molecule has 146 valence electrons. The maximum Gasteiger partial charge on any atom is 0.220 e. The van der Waals surface area contributed by atoms with Crippen molar-refractivity contribution in [2.24, 2.45) is 5.92 Å². The third-order valence-corrected chi connectivity index (χ3v) is 4.83. The SMILES string of the molecule is Bc1cnn2c(NCCNC(=O)CCC(C)C)cc(-c3ccccc3Cl)nc12. The van der Waals surface area contributed by atoms with E-state index in [1.165, 1.54) is 0 Å². The van der Waals surface area contributed by atoms with Crippen LogP contribution in [0.2, 0.25) is 5.02 Å². The van der Waals surface area contributed by atoms with Gasteiger partial charge in [-0.1, -0.05) is 43.6 Å². The number of carbonyl (C=O) groups is 1. The van der Waals surface area contributed by atoms with Crippen LogP contribution in [0.4, 0.5) is 5.82 Å². The summed E-state index contributed by atoms with van der Waals surface area (Å²) in [5, 5.41) is 11.4. The van der Waals surface area contributed by atoms with Gasteiger partial charge in [0.15, 0.2) is 5.65 Å². The number of carbonyl (C=O) groups excluding carboxylic acids is 1. The summed E-state index contributed by atoms with van der Waals surface area (Å²) >= 11 is 6.36. The Morgan fingerprint density at radius 1 is 1.29 bits per heavy atom. The van der Waals surface area contributed by atoms with Gasteiger partial charge in [-0.25, -0.2) is 4.98 Å². The summed E-state index contributed by atoms with van der Waals surface area (Å²) in [6.07, 6.45) is 3.25. The highest BCUT2D eigenvalue weighted by molar-refractivity contribution is 6.36. The lowest BCUT2D eigenvalue weighted by Gasteiger charge is -2.12. The number of fused-ring (bicyclic) bond motifs is 1. The first-order valence-corrected chi connectivity index (χ1v) is 9.94. The quantitative estimate of drug-likeness (QED) is 0.452. The normalized spacial score (nSPS) is 11.1. The second-order valence-corrected chi connectivity index (χ2v) is 7.69. The van der Waals surface area contributed by atoms with Crippen molar-refractivity contribution in [3.8, 4) is 11.3 Å². The fourth-order valence-corrected chi connectivity index (χ4v) is 3.14. The minimum atomic E-state index is 0.0852. The molecule has 0 spiro atoms. The number of nitrogens with zero attached hydrogens (tertiary/aromatic N) is 3. The lowest BCUT2D eigenvalue weighted by Crippen LogP contribution is -2.29. The van der Waals surface area contributed by atoms with Crippen LogP contribution < -0.4 is 16.1 Å². The maximum absolute atomic E-state index is 11.9. The van der Waals surface area contributed by atoms with Crippen molar-refractivity contribution in [3.63, 3.8) is 0 Å². The first-order valence-electron chi connectivity index (χ1n) is 9.56. The molecule has 2 N–H and O–H groups in total. The highest BCUT2D eigenvalue weighted by atomic mass is 35.5. The number of halogens is 1. The lowest BCUT2D eigenvalue weighted by atomic mass is 10.0. The van der Waals surface area contributed by atoms with E-state index < -0.39 is 0 Å². The summed E-state index contributed by atoms with van der Waals surface area (Å²) in [6, 6.07) is 9.57. The van der Waals surface area contributed by atoms with Crippen molar-refractivity contribution in [1.29, 1.82) is 0 Å². The van der Waals surface area contributed by atoms with Gasteiger partial charge in [-0.15, -0.1) is 0 Å². The van der Waals surface area contributed by atoms with Gasteiger partial charge in [0.25, 0.3) is 0 Å². The summed E-state index contributed by atoms with van der Waals surface area (Å²) in [4.78, 5) is 16.6. The van der Waals surface area contributed by atoms with E-state index in [-0.39, 0.29) is 5.91 Å². The number of hydrogen-bond acceptors (Lipinski definition) is 4. The van der Waals surface area contributed by atoms with Crippen LogP contribution in [0.3, 0.4) is 0 Å². The summed E-state index contributed by atoms with van der Waals surface area (Å²) in [7, 11) is 1.98. The van der Waals surface area contributed by atoms with Crippen molar-refractivity contribution in [2.75, 3.05) is 18.4 Å². The molecule has 0 bridgehead atoms. The Morgan fingerprint density at radius 3 is 2.82 bits per heavy atom. The van der Waals surface area contributed by atoms with E-state index in [1.54, 1.807) is 10.7 Å². The van der Waals surface area contributed by atoms with E-state index in [0.29, 0.717) is 30.5 Å². The molecule has 0 aliphatic rings. The van der Waals surface area contributed by atoms with Gasteiger partial charge in [-0.05, 0) is 23.9 Å². The van der Waals surface area contributed by atoms with Crippen LogP contribution in [-0.4, -0.2) is 41.4 Å². The van der Waals surface area contributed by atoms with Crippen LogP contribution in [-0.2, 0) is 4.79 Å². The van der Waals surface area contributed by atoms with Crippen molar-refractivity contribution in [2.45, 2.75) is 26.7 Å². The smallest absolute Gasteiger partial charge is 0.220 e. The number of rotatable bonds is 8. The minimum Gasteiger partial charge on any atom is -0.368 e. The van der Waals surface area contributed by atoms with Crippen LogP contribution in [0.15, 0.2) is 36.5 Å². The molecule has 3 aromatic rings. The van der Waals surface area contributed by atoms with Crippen molar-refractivity contribution in [1.82, 2.24) is 19.9 Å². The van der Waals surface area contributed by atoms with E-state index >= 15 is 0 Å². The van der Waals surface area contributed by atoms with Gasteiger partial charge in [-0.2, -0.15) is 9.61 Å². The average molecular weight is 398 g/mol. The molecule has 0 aliphatic carbocycles. The van der Waals surface area contributed by atoms with E-state index in [4.69, 9.17) is 16.6 Å². The molecule has 1 aromatic carbocycles. The Labute approximate surface area is 171 Å². The van der Waals surface area contributed by atoms with Gasteiger partial charge in [-0.3, -0.25) is 4.79 Å². The molecular formula is C20H25BClN5O. The molecule has 2 heterocycles. The lowest BCUT2D eigenvalue weighted by molar-refractivity contribution is -0.121. The molecule has 6 nitrogen and oxygen atoms in total. The van der Waals surface area contributed by atoms with Crippen LogP contribution >= 0.6 is 11.6 Å². The molecule has 0 atom stereocenters. The zero-order chi connectivity index (χ0) is 20.1. The number of aromatic nitrogens is 3. The number of amides is 1. The topological polar surface area (TPSA) is 71.3 Å². The molecule has 8 heteroatoms. The molecule has 0 radical (unpaired) electrons. The van der Waals surface area contributed by atoms with Gasteiger partial charge in [0, 0.05) is 42.4 Å². The number of anilines is 1. The molecular weight excluding hydrogens is 373 g/mol. The Morgan fingerprint density at radius 2 is 2.07 bits per heavy atom. The molecule has 0 unspecified atom stereocenters. The van der Waals surface area contributed by atoms with Gasteiger partial charge < -0.3 is 10.6 Å². The fourth-order valence-electron chi connectivity index (χ4n) is 2.91. The van der Waals surface area contributed by atoms with E-state index in [1.807, 2.05) is 38.2 Å². The second kappa shape index (κ2) is 9.10. The summed E-state index contributed by atoms with van der Waals surface area (Å²) in [5.41, 5.74) is 3.42. The van der Waals surface area contributed by atoms with E-state index in [0.717, 1.165) is 34.6 Å². The zero-order valence-corrected chi connectivity index (χ0v) is 17.3. The van der Waals surface area contributed by atoms with Crippen LogP contribution in [0.5, 0.6) is 0 Å². The molecule has 3 rings (SSSR count). The largest absolute Gasteiger partial charge is 0.368 e. The third-order valence-electron chi connectivity index (χ3n) is 4.50. The second-order valence-electron chi connectivity index (χ2n) is 7.28. The molecule has 2 aromatic heterocycles. The van der Waals surface area contributed by atoms with Gasteiger partial charge in [0.2, 0.25) is 5.91 Å². The fraction of sp³-hybridized carbons (Fsp3) is 0.350. The van der Waals surface area contributed by atoms with Crippen molar-refractivity contribution >= 4 is 42.3 Å². The van der Waals surface area contributed by atoms with Crippen molar-refractivity contribution < 1.29 is 4.79 Å². The predicted molar refractivity (Wildman–Crippen MR) is 117 cm³/mol. The van der Waals surface area contributed by atoms with Crippen LogP contribution in [0.25, 0.3) is 16.9 Å². The van der Waals surface area contributed by atoms with Gasteiger partial charge in [0.1, 0.15) is 13.7 Å². The molecule has 0 aliphatic heterocycles. The third kappa shape index (κ3) is 4.84. The molecule has 0 fully saturated rings. The molecule has 28 heavy (non-hydrogen) atoms. The Balaban J connectivity index is 1.74. The summed E-state index contributed by atoms with van der Waals surface area (Å²) in [5.74, 6) is 1.42. The highest BCUT2D eigenvalue weighted by Crippen LogP contribution is 2.28. The predicted octanol–water partition coefficient (Wildman–Crippen LogP) is 2.27. The monoisotopic (exact) mass is 397 g/mol. The highest BCUT2D eigenvalue weighted by Gasteiger charge is 2.12. The van der Waals surface area contributed by atoms with Gasteiger partial charge >= 0.3 is 0 Å². The maximum atomic E-state index is 11.9. The van der Waals surface area contributed by atoms with Crippen LogP contribution in [0, 0.1) is 5.92 Å². The first kappa shape index (κ1) is 20.2. The summed E-state index contributed by atoms with van der Waals surface area (Å²) < 4.78 is 1.77. The number of hydrogen-bond donors (Lipinski definition) is 2. The van der Waals surface area contributed by atoms with Crippen LogP contribution in [0.1, 0.15) is 26.7 Å². The minimum absolute atomic E-state index is 0.0852. The van der Waals surface area contributed by atoms with Crippen molar-refractivity contribution in [3.05, 3.63) is 41.6 Å². The standard InChI is InChI=1S/C20H25BClN5O/c1-13(2)7-8-19(28)24-10-9-23-18-11-17(14-5-3-4-6-16(14)22)26-20-15(21)12-25-27(18)20/h3-6,11-13,23H,7-10,21H2,1-2H3,(H,24,28). The molecule has 0 saturated heterocycles. The van der Waals surface area contributed by atoms with E-state index in [9.17, 15) is 4.79 Å². The number of benzene rings is 1. The summed E-state index contributed by atoms with van der Waals surface area (Å²) in [6.45, 7) is 5.37. The zero-order valence-electron chi connectivity index (χ0n) is 16.5.